The molecule has 1 atom stereocenters. The van der Waals surface area contributed by atoms with E-state index in [1.807, 2.05) is 31.2 Å². The number of hydrogen-bond donors (Lipinski definition) is 2. The molecule has 3 nitrogen and oxygen atoms in total. The number of hydrogen-bond acceptors (Lipinski definition) is 3. The molecule has 0 heterocycles. The Balaban J connectivity index is 1.66. The second kappa shape index (κ2) is 6.76. The third-order valence-corrected chi connectivity index (χ3v) is 3.43. The minimum atomic E-state index is -0.439. The lowest BCUT2D eigenvalue weighted by atomic mass is 10.2. The van der Waals surface area contributed by atoms with Crippen LogP contribution in [0.15, 0.2) is 24.3 Å². The van der Waals surface area contributed by atoms with Crippen LogP contribution in [0.4, 0.5) is 0 Å². The van der Waals surface area contributed by atoms with E-state index in [4.69, 9.17) is 4.74 Å². The zero-order valence-corrected chi connectivity index (χ0v) is 11.1. The Morgan fingerprint density at radius 3 is 2.89 bits per heavy atom. The number of ether oxygens (including phenoxy) is 1. The molecule has 1 aliphatic rings. The molecule has 2 N–H and O–H groups in total. The van der Waals surface area contributed by atoms with Crippen molar-refractivity contribution in [3.05, 3.63) is 29.8 Å². The minimum Gasteiger partial charge on any atom is -0.491 e. The molecule has 1 aromatic rings. The highest BCUT2D eigenvalue weighted by atomic mass is 16.5. The second-order valence-corrected chi connectivity index (χ2v) is 5.17. The van der Waals surface area contributed by atoms with Crippen molar-refractivity contribution in [3.8, 4) is 5.75 Å². The van der Waals surface area contributed by atoms with Crippen LogP contribution in [-0.2, 0) is 0 Å². The highest BCUT2D eigenvalue weighted by Crippen LogP contribution is 2.17. The molecule has 0 bridgehead atoms. The summed E-state index contributed by atoms with van der Waals surface area (Å²) in [7, 11) is 0. The highest BCUT2D eigenvalue weighted by molar-refractivity contribution is 5.27. The molecular formula is C15H23NO2. The lowest BCUT2D eigenvalue weighted by Gasteiger charge is -2.16. The molecule has 1 aromatic carbocycles. The van der Waals surface area contributed by atoms with Crippen molar-refractivity contribution >= 4 is 0 Å². The summed E-state index contributed by atoms with van der Waals surface area (Å²) < 4.78 is 5.57. The van der Waals surface area contributed by atoms with E-state index in [0.717, 1.165) is 5.75 Å². The van der Waals surface area contributed by atoms with Crippen LogP contribution in [0, 0.1) is 6.92 Å². The first kappa shape index (κ1) is 13.4. The standard InChI is InChI=1S/C15H23NO2/c1-12-5-4-8-15(9-12)18-11-14(17)10-16-13-6-2-3-7-13/h4-5,8-9,13-14,16-17H,2-3,6-7,10-11H2,1H3/t14-/m0/s1. The summed E-state index contributed by atoms with van der Waals surface area (Å²) in [5.41, 5.74) is 1.17. The van der Waals surface area contributed by atoms with Gasteiger partial charge in [-0.25, -0.2) is 0 Å². The Hall–Kier alpha value is -1.06. The summed E-state index contributed by atoms with van der Waals surface area (Å²) >= 11 is 0. The van der Waals surface area contributed by atoms with Crippen molar-refractivity contribution in [1.82, 2.24) is 5.32 Å². The van der Waals surface area contributed by atoms with E-state index in [2.05, 4.69) is 5.32 Å². The van der Waals surface area contributed by atoms with Gasteiger partial charge in [0.25, 0.3) is 0 Å². The zero-order valence-electron chi connectivity index (χ0n) is 11.1. The lowest BCUT2D eigenvalue weighted by molar-refractivity contribution is 0.104. The van der Waals surface area contributed by atoms with Gasteiger partial charge in [-0.3, -0.25) is 0 Å². The average molecular weight is 249 g/mol. The van der Waals surface area contributed by atoms with E-state index in [1.54, 1.807) is 0 Å². The quantitative estimate of drug-likeness (QED) is 0.812. The van der Waals surface area contributed by atoms with Gasteiger partial charge in [-0.15, -0.1) is 0 Å². The number of aliphatic hydroxyl groups excluding tert-OH is 1. The fourth-order valence-electron chi connectivity index (χ4n) is 2.39. The van der Waals surface area contributed by atoms with E-state index >= 15 is 0 Å². The minimum absolute atomic E-state index is 0.350. The van der Waals surface area contributed by atoms with E-state index in [-0.39, 0.29) is 0 Å². The van der Waals surface area contributed by atoms with E-state index in [9.17, 15) is 5.11 Å². The molecule has 0 radical (unpaired) electrons. The molecule has 18 heavy (non-hydrogen) atoms. The molecule has 0 saturated heterocycles. The number of nitrogens with one attached hydrogen (secondary N) is 1. The first-order valence-corrected chi connectivity index (χ1v) is 6.85. The molecule has 0 spiro atoms. The van der Waals surface area contributed by atoms with Gasteiger partial charge in [-0.2, -0.15) is 0 Å². The average Bonchev–Trinajstić information content (AvgIpc) is 2.87. The summed E-state index contributed by atoms with van der Waals surface area (Å²) in [6, 6.07) is 8.50. The Labute approximate surface area is 109 Å². The van der Waals surface area contributed by atoms with Crippen LogP contribution in [0.2, 0.25) is 0 Å². The van der Waals surface area contributed by atoms with Gasteiger partial charge >= 0.3 is 0 Å². The van der Waals surface area contributed by atoms with Crippen molar-refractivity contribution in [2.45, 2.75) is 44.8 Å². The monoisotopic (exact) mass is 249 g/mol. The Kier molecular flexibility index (Phi) is 5.02. The van der Waals surface area contributed by atoms with Gasteiger partial charge in [-0.1, -0.05) is 25.0 Å². The largest absolute Gasteiger partial charge is 0.491 e. The van der Waals surface area contributed by atoms with Crippen LogP contribution in [-0.4, -0.2) is 30.4 Å². The van der Waals surface area contributed by atoms with Crippen molar-refractivity contribution in [2.24, 2.45) is 0 Å². The van der Waals surface area contributed by atoms with E-state index < -0.39 is 6.10 Å². The maximum Gasteiger partial charge on any atom is 0.119 e. The van der Waals surface area contributed by atoms with Crippen molar-refractivity contribution in [2.75, 3.05) is 13.2 Å². The smallest absolute Gasteiger partial charge is 0.119 e. The molecule has 3 heteroatoms. The molecular weight excluding hydrogens is 226 g/mol. The van der Waals surface area contributed by atoms with Crippen LogP contribution in [0.25, 0.3) is 0 Å². The molecule has 0 amide bonds. The van der Waals surface area contributed by atoms with E-state index in [0.29, 0.717) is 19.2 Å². The van der Waals surface area contributed by atoms with Crippen molar-refractivity contribution < 1.29 is 9.84 Å². The first-order chi connectivity index (χ1) is 8.74. The molecule has 0 aromatic heterocycles. The lowest BCUT2D eigenvalue weighted by Crippen LogP contribution is -2.36. The number of aliphatic hydroxyl groups is 1. The SMILES string of the molecule is Cc1cccc(OC[C@@H](O)CNC2CCCC2)c1. The summed E-state index contributed by atoms with van der Waals surface area (Å²) in [5.74, 6) is 0.829. The van der Waals surface area contributed by atoms with Gasteiger partial charge in [-0.05, 0) is 37.5 Å². The van der Waals surface area contributed by atoms with Crippen LogP contribution < -0.4 is 10.1 Å². The normalized spacial score (nSPS) is 17.9. The van der Waals surface area contributed by atoms with E-state index in [1.165, 1.54) is 31.2 Å². The third-order valence-electron chi connectivity index (χ3n) is 3.43. The topological polar surface area (TPSA) is 41.5 Å². The van der Waals surface area contributed by atoms with Crippen LogP contribution in [0.5, 0.6) is 5.75 Å². The number of benzene rings is 1. The molecule has 1 saturated carbocycles. The van der Waals surface area contributed by atoms with Gasteiger partial charge in [0.15, 0.2) is 0 Å². The molecule has 100 valence electrons. The van der Waals surface area contributed by atoms with Crippen LogP contribution >= 0.6 is 0 Å². The van der Waals surface area contributed by atoms with Crippen LogP contribution in [0.1, 0.15) is 31.2 Å². The fraction of sp³-hybridized carbons (Fsp3) is 0.600. The zero-order chi connectivity index (χ0) is 12.8. The van der Waals surface area contributed by atoms with Crippen LogP contribution in [0.3, 0.4) is 0 Å². The summed E-state index contributed by atoms with van der Waals surface area (Å²) in [5, 5.41) is 13.3. The second-order valence-electron chi connectivity index (χ2n) is 5.17. The molecule has 0 aliphatic heterocycles. The maximum absolute atomic E-state index is 9.85. The Bertz CT molecular complexity index is 361. The third kappa shape index (κ3) is 4.31. The summed E-state index contributed by atoms with van der Waals surface area (Å²) in [6.45, 7) is 3.00. The highest BCUT2D eigenvalue weighted by Gasteiger charge is 2.15. The van der Waals surface area contributed by atoms with Gasteiger partial charge < -0.3 is 15.2 Å². The molecule has 1 fully saturated rings. The molecule has 0 unspecified atom stereocenters. The van der Waals surface area contributed by atoms with Gasteiger partial charge in [0.2, 0.25) is 0 Å². The fourth-order valence-corrected chi connectivity index (χ4v) is 2.39. The molecule has 2 rings (SSSR count). The Morgan fingerprint density at radius 2 is 2.17 bits per heavy atom. The number of aryl methyl sites for hydroxylation is 1. The predicted molar refractivity (Wildman–Crippen MR) is 72.9 cm³/mol. The maximum atomic E-state index is 9.85. The number of rotatable bonds is 6. The summed E-state index contributed by atoms with van der Waals surface area (Å²) in [4.78, 5) is 0. The predicted octanol–water partition coefficient (Wildman–Crippen LogP) is 2.27. The summed E-state index contributed by atoms with van der Waals surface area (Å²) in [6.07, 6.45) is 4.67. The van der Waals surface area contributed by atoms with Crippen molar-refractivity contribution in [1.29, 1.82) is 0 Å². The van der Waals surface area contributed by atoms with Gasteiger partial charge in [0.1, 0.15) is 18.5 Å². The van der Waals surface area contributed by atoms with Gasteiger partial charge in [0, 0.05) is 12.6 Å². The first-order valence-electron chi connectivity index (χ1n) is 6.85. The Morgan fingerprint density at radius 1 is 1.39 bits per heavy atom. The molecule has 1 aliphatic carbocycles. The van der Waals surface area contributed by atoms with Gasteiger partial charge in [0.05, 0.1) is 0 Å². The van der Waals surface area contributed by atoms with Crippen molar-refractivity contribution in [3.63, 3.8) is 0 Å².